The lowest BCUT2D eigenvalue weighted by Crippen LogP contribution is -2.21. The molecule has 0 aromatic heterocycles. The highest BCUT2D eigenvalue weighted by atomic mass is 16.5. The Bertz CT molecular complexity index is 705. The molecular weight excluding hydrogens is 286 g/mol. The summed E-state index contributed by atoms with van der Waals surface area (Å²) >= 11 is 0. The van der Waals surface area contributed by atoms with E-state index >= 15 is 0 Å². The second kappa shape index (κ2) is 7.32. The highest BCUT2D eigenvalue weighted by molar-refractivity contribution is 5.92. The molecule has 1 amide bonds. The number of amides is 1. The van der Waals surface area contributed by atoms with E-state index < -0.39 is 0 Å². The number of hydrogen-bond acceptors (Lipinski definition) is 2. The number of ether oxygens (including phenoxy) is 1. The molecular formula is C20H25NO2. The monoisotopic (exact) mass is 311 g/mol. The number of carbonyl (C=O) groups is 1. The van der Waals surface area contributed by atoms with E-state index in [1.165, 1.54) is 0 Å². The fraction of sp³-hybridized carbons (Fsp3) is 0.350. The van der Waals surface area contributed by atoms with E-state index in [1.54, 1.807) is 0 Å². The summed E-state index contributed by atoms with van der Waals surface area (Å²) in [4.78, 5) is 12.2. The first-order valence-electron chi connectivity index (χ1n) is 7.97. The standard InChI is InChI=1S/C20H25NO2/c1-13(2)17-9-7-15(4)11-19(17)23-12-20(22)21-18-10-14(3)6-8-16(18)5/h6-11,13H,12H2,1-5H3,(H,21,22). The summed E-state index contributed by atoms with van der Waals surface area (Å²) in [6.45, 7) is 10.3. The van der Waals surface area contributed by atoms with Gasteiger partial charge in [-0.25, -0.2) is 0 Å². The zero-order valence-corrected chi connectivity index (χ0v) is 14.6. The maximum atomic E-state index is 12.2. The predicted molar refractivity (Wildman–Crippen MR) is 95.3 cm³/mol. The third-order valence-corrected chi connectivity index (χ3v) is 3.82. The third kappa shape index (κ3) is 4.59. The molecule has 2 rings (SSSR count). The quantitative estimate of drug-likeness (QED) is 0.865. The summed E-state index contributed by atoms with van der Waals surface area (Å²) in [5.41, 5.74) is 5.25. The molecule has 23 heavy (non-hydrogen) atoms. The van der Waals surface area contributed by atoms with Gasteiger partial charge >= 0.3 is 0 Å². The lowest BCUT2D eigenvalue weighted by molar-refractivity contribution is -0.118. The molecule has 1 N–H and O–H groups in total. The van der Waals surface area contributed by atoms with Crippen LogP contribution < -0.4 is 10.1 Å². The molecule has 0 radical (unpaired) electrons. The Morgan fingerprint density at radius 1 is 1.04 bits per heavy atom. The number of hydrogen-bond donors (Lipinski definition) is 1. The molecule has 0 saturated heterocycles. The van der Waals surface area contributed by atoms with E-state index in [1.807, 2.05) is 45.0 Å². The van der Waals surface area contributed by atoms with Crippen molar-refractivity contribution >= 4 is 11.6 Å². The molecule has 3 nitrogen and oxygen atoms in total. The minimum atomic E-state index is -0.144. The van der Waals surface area contributed by atoms with Gasteiger partial charge in [-0.15, -0.1) is 0 Å². The molecule has 2 aromatic carbocycles. The Morgan fingerprint density at radius 2 is 1.70 bits per heavy atom. The van der Waals surface area contributed by atoms with E-state index in [2.05, 4.69) is 31.3 Å². The zero-order valence-electron chi connectivity index (χ0n) is 14.6. The Balaban J connectivity index is 2.05. The fourth-order valence-corrected chi connectivity index (χ4v) is 2.44. The summed E-state index contributed by atoms with van der Waals surface area (Å²) in [6.07, 6.45) is 0. The highest BCUT2D eigenvalue weighted by Crippen LogP contribution is 2.27. The summed E-state index contributed by atoms with van der Waals surface area (Å²) in [5.74, 6) is 0.999. The lowest BCUT2D eigenvalue weighted by Gasteiger charge is -2.15. The molecule has 0 aliphatic rings. The first kappa shape index (κ1) is 17.1. The van der Waals surface area contributed by atoms with E-state index in [9.17, 15) is 4.79 Å². The number of rotatable bonds is 5. The average Bonchev–Trinajstić information content (AvgIpc) is 2.48. The Kier molecular flexibility index (Phi) is 5.43. The van der Waals surface area contributed by atoms with Crippen molar-refractivity contribution in [3.05, 3.63) is 58.7 Å². The second-order valence-corrected chi connectivity index (χ2v) is 6.35. The highest BCUT2D eigenvalue weighted by Gasteiger charge is 2.11. The van der Waals surface area contributed by atoms with Crippen molar-refractivity contribution in [1.29, 1.82) is 0 Å². The average molecular weight is 311 g/mol. The van der Waals surface area contributed by atoms with E-state index in [4.69, 9.17) is 4.74 Å². The van der Waals surface area contributed by atoms with Gasteiger partial charge in [0.1, 0.15) is 5.75 Å². The van der Waals surface area contributed by atoms with Crippen LogP contribution in [0.25, 0.3) is 0 Å². The molecule has 0 atom stereocenters. The molecule has 2 aromatic rings. The predicted octanol–water partition coefficient (Wildman–Crippen LogP) is 4.75. The van der Waals surface area contributed by atoms with Gasteiger partial charge in [0.2, 0.25) is 0 Å². The van der Waals surface area contributed by atoms with Crippen LogP contribution in [0.3, 0.4) is 0 Å². The number of aryl methyl sites for hydroxylation is 3. The second-order valence-electron chi connectivity index (χ2n) is 6.35. The molecule has 0 bridgehead atoms. The minimum absolute atomic E-state index is 0.0105. The molecule has 0 fully saturated rings. The Hall–Kier alpha value is -2.29. The van der Waals surface area contributed by atoms with Gasteiger partial charge in [-0.1, -0.05) is 38.1 Å². The van der Waals surface area contributed by atoms with Crippen LogP contribution in [0.15, 0.2) is 36.4 Å². The number of nitrogens with one attached hydrogen (secondary N) is 1. The maximum Gasteiger partial charge on any atom is 0.262 e. The van der Waals surface area contributed by atoms with E-state index in [0.29, 0.717) is 5.92 Å². The van der Waals surface area contributed by atoms with Crippen molar-refractivity contribution in [1.82, 2.24) is 0 Å². The van der Waals surface area contributed by atoms with Crippen molar-refractivity contribution in [3.63, 3.8) is 0 Å². The van der Waals surface area contributed by atoms with Crippen molar-refractivity contribution in [2.45, 2.75) is 40.5 Å². The van der Waals surface area contributed by atoms with Crippen LogP contribution >= 0.6 is 0 Å². The molecule has 122 valence electrons. The topological polar surface area (TPSA) is 38.3 Å². The molecule has 0 heterocycles. The largest absolute Gasteiger partial charge is 0.483 e. The van der Waals surface area contributed by atoms with Crippen molar-refractivity contribution < 1.29 is 9.53 Å². The summed E-state index contributed by atoms with van der Waals surface area (Å²) in [6, 6.07) is 12.1. The van der Waals surface area contributed by atoms with Crippen molar-refractivity contribution in [3.8, 4) is 5.75 Å². The fourth-order valence-electron chi connectivity index (χ4n) is 2.44. The molecule has 0 aliphatic heterocycles. The van der Waals surface area contributed by atoms with Gasteiger partial charge in [0.15, 0.2) is 6.61 Å². The van der Waals surface area contributed by atoms with Crippen LogP contribution in [-0.2, 0) is 4.79 Å². The molecule has 0 saturated carbocycles. The van der Waals surface area contributed by atoms with Crippen molar-refractivity contribution in [2.24, 2.45) is 0 Å². The van der Waals surface area contributed by atoms with Gasteiger partial charge in [0, 0.05) is 5.69 Å². The van der Waals surface area contributed by atoms with Gasteiger partial charge in [-0.05, 0) is 61.1 Å². The minimum Gasteiger partial charge on any atom is -0.483 e. The molecule has 3 heteroatoms. The lowest BCUT2D eigenvalue weighted by atomic mass is 10.0. The smallest absolute Gasteiger partial charge is 0.262 e. The number of anilines is 1. The summed E-state index contributed by atoms with van der Waals surface area (Å²) in [5, 5.41) is 2.92. The maximum absolute atomic E-state index is 12.2. The first-order valence-corrected chi connectivity index (χ1v) is 7.97. The summed E-state index contributed by atoms with van der Waals surface area (Å²) in [7, 11) is 0. The first-order chi connectivity index (χ1) is 10.9. The number of carbonyl (C=O) groups excluding carboxylic acids is 1. The van der Waals surface area contributed by atoms with Crippen LogP contribution in [0, 0.1) is 20.8 Å². The van der Waals surface area contributed by atoms with Gasteiger partial charge in [0.05, 0.1) is 0 Å². The van der Waals surface area contributed by atoms with E-state index in [0.717, 1.165) is 33.7 Å². The van der Waals surface area contributed by atoms with Gasteiger partial charge in [0.25, 0.3) is 5.91 Å². The van der Waals surface area contributed by atoms with E-state index in [-0.39, 0.29) is 12.5 Å². The van der Waals surface area contributed by atoms with Gasteiger partial charge in [-0.2, -0.15) is 0 Å². The Labute approximate surface area is 138 Å². The number of benzene rings is 2. The van der Waals surface area contributed by atoms with Crippen LogP contribution in [0.4, 0.5) is 5.69 Å². The van der Waals surface area contributed by atoms with Gasteiger partial charge < -0.3 is 10.1 Å². The molecule has 0 spiro atoms. The summed E-state index contributed by atoms with van der Waals surface area (Å²) < 4.78 is 5.77. The van der Waals surface area contributed by atoms with Crippen LogP contribution in [0.2, 0.25) is 0 Å². The van der Waals surface area contributed by atoms with Crippen LogP contribution in [0.1, 0.15) is 42.0 Å². The zero-order chi connectivity index (χ0) is 17.0. The molecule has 0 unspecified atom stereocenters. The van der Waals surface area contributed by atoms with Gasteiger partial charge in [-0.3, -0.25) is 4.79 Å². The third-order valence-electron chi connectivity index (χ3n) is 3.82. The normalized spacial score (nSPS) is 10.7. The van der Waals surface area contributed by atoms with Crippen molar-refractivity contribution in [2.75, 3.05) is 11.9 Å². The molecule has 0 aliphatic carbocycles. The SMILES string of the molecule is Cc1ccc(C)c(NC(=O)COc2cc(C)ccc2C(C)C)c1. The van der Waals surface area contributed by atoms with Crippen LogP contribution in [0.5, 0.6) is 5.75 Å². The Morgan fingerprint density at radius 3 is 2.39 bits per heavy atom. The van der Waals surface area contributed by atoms with Crippen LogP contribution in [-0.4, -0.2) is 12.5 Å².